The van der Waals surface area contributed by atoms with Crippen LogP contribution in [0.25, 0.3) is 0 Å². The zero-order valence-corrected chi connectivity index (χ0v) is 8.65. The van der Waals surface area contributed by atoms with E-state index in [-0.39, 0.29) is 18.7 Å². The maximum absolute atomic E-state index is 11.3. The average molecular weight is 208 g/mol. The first-order valence-electron chi connectivity index (χ1n) is 4.69. The molecule has 0 unspecified atom stereocenters. The molecular formula is C11H12O4. The Kier molecular flexibility index (Phi) is 2.49. The van der Waals surface area contributed by atoms with E-state index in [4.69, 9.17) is 9.47 Å². The monoisotopic (exact) mass is 208 g/mol. The van der Waals surface area contributed by atoms with Crippen molar-refractivity contribution < 1.29 is 19.0 Å². The van der Waals surface area contributed by atoms with Crippen LogP contribution in [0.1, 0.15) is 18.4 Å². The summed E-state index contributed by atoms with van der Waals surface area (Å²) in [7, 11) is 1.38. The van der Waals surface area contributed by atoms with Crippen LogP contribution >= 0.6 is 0 Å². The van der Waals surface area contributed by atoms with E-state index in [1.54, 1.807) is 13.0 Å². The van der Waals surface area contributed by atoms with Gasteiger partial charge in [0.25, 0.3) is 0 Å². The number of esters is 1. The Bertz CT molecular complexity index is 386. The molecule has 2 rings (SSSR count). The highest BCUT2D eigenvalue weighted by molar-refractivity contribution is 5.77. The minimum Gasteiger partial charge on any atom is -0.469 e. The second-order valence-electron chi connectivity index (χ2n) is 3.36. The van der Waals surface area contributed by atoms with Crippen LogP contribution in [0, 0.1) is 0 Å². The van der Waals surface area contributed by atoms with Gasteiger partial charge in [0.2, 0.25) is 6.79 Å². The highest BCUT2D eigenvalue weighted by Crippen LogP contribution is 2.34. The van der Waals surface area contributed by atoms with Crippen molar-refractivity contribution in [1.29, 1.82) is 0 Å². The molecule has 1 atom stereocenters. The second kappa shape index (κ2) is 3.81. The first kappa shape index (κ1) is 9.83. The Morgan fingerprint density at radius 3 is 2.87 bits per heavy atom. The summed E-state index contributed by atoms with van der Waals surface area (Å²) in [4.78, 5) is 11.3. The Morgan fingerprint density at radius 1 is 1.40 bits per heavy atom. The molecule has 0 spiro atoms. The standard InChI is InChI=1S/C11H12O4/c1-7(11(12)13-2)8-3-4-9-10(5-8)15-6-14-9/h3-5,7H,6H2,1-2H3/t7-/m0/s1. The number of methoxy groups -OCH3 is 1. The third-order valence-electron chi connectivity index (χ3n) is 2.45. The largest absolute Gasteiger partial charge is 0.469 e. The van der Waals surface area contributed by atoms with E-state index in [1.807, 2.05) is 12.1 Å². The summed E-state index contributed by atoms with van der Waals surface area (Å²) in [6, 6.07) is 5.45. The minimum absolute atomic E-state index is 0.241. The van der Waals surface area contributed by atoms with Crippen LogP contribution in [0.3, 0.4) is 0 Å². The lowest BCUT2D eigenvalue weighted by Gasteiger charge is -2.09. The number of rotatable bonds is 2. The zero-order valence-electron chi connectivity index (χ0n) is 8.65. The summed E-state index contributed by atoms with van der Waals surface area (Å²) in [6.45, 7) is 2.04. The van der Waals surface area contributed by atoms with Gasteiger partial charge in [-0.15, -0.1) is 0 Å². The molecule has 1 aromatic carbocycles. The number of carbonyl (C=O) groups excluding carboxylic acids is 1. The summed E-state index contributed by atoms with van der Waals surface area (Å²) >= 11 is 0. The number of ether oxygens (including phenoxy) is 3. The summed E-state index contributed by atoms with van der Waals surface area (Å²) < 4.78 is 15.1. The SMILES string of the molecule is COC(=O)[C@@H](C)c1ccc2c(c1)OCO2. The van der Waals surface area contributed by atoms with E-state index in [0.29, 0.717) is 5.75 Å². The molecule has 4 heteroatoms. The van der Waals surface area contributed by atoms with Crippen LogP contribution in [0.15, 0.2) is 18.2 Å². The highest BCUT2D eigenvalue weighted by Gasteiger charge is 2.19. The lowest BCUT2D eigenvalue weighted by atomic mass is 10.0. The third-order valence-corrected chi connectivity index (χ3v) is 2.45. The van der Waals surface area contributed by atoms with Crippen molar-refractivity contribution >= 4 is 5.97 Å². The lowest BCUT2D eigenvalue weighted by Crippen LogP contribution is -2.10. The molecule has 0 saturated heterocycles. The fourth-order valence-corrected chi connectivity index (χ4v) is 1.50. The van der Waals surface area contributed by atoms with Crippen molar-refractivity contribution in [3.8, 4) is 11.5 Å². The number of benzene rings is 1. The predicted octanol–water partition coefficient (Wildman–Crippen LogP) is 1.69. The van der Waals surface area contributed by atoms with Crippen molar-refractivity contribution in [2.45, 2.75) is 12.8 Å². The first-order valence-corrected chi connectivity index (χ1v) is 4.69. The summed E-state index contributed by atoms with van der Waals surface area (Å²) in [5.74, 6) is 0.859. The van der Waals surface area contributed by atoms with Gasteiger partial charge < -0.3 is 14.2 Å². The number of hydrogen-bond donors (Lipinski definition) is 0. The molecule has 80 valence electrons. The molecule has 0 amide bonds. The minimum atomic E-state index is -0.288. The number of hydrogen-bond acceptors (Lipinski definition) is 4. The van der Waals surface area contributed by atoms with Gasteiger partial charge in [0.15, 0.2) is 11.5 Å². The van der Waals surface area contributed by atoms with Crippen LogP contribution in [-0.2, 0) is 9.53 Å². The normalized spacial score (nSPS) is 14.8. The van der Waals surface area contributed by atoms with Gasteiger partial charge in [-0.2, -0.15) is 0 Å². The third kappa shape index (κ3) is 1.75. The Morgan fingerprint density at radius 2 is 2.13 bits per heavy atom. The van der Waals surface area contributed by atoms with Crippen molar-refractivity contribution in [3.63, 3.8) is 0 Å². The fraction of sp³-hybridized carbons (Fsp3) is 0.364. The molecule has 0 saturated carbocycles. The molecule has 15 heavy (non-hydrogen) atoms. The van der Waals surface area contributed by atoms with E-state index in [0.717, 1.165) is 11.3 Å². The van der Waals surface area contributed by atoms with Crippen molar-refractivity contribution in [1.82, 2.24) is 0 Å². The molecule has 1 aliphatic rings. The Balaban J connectivity index is 2.26. The van der Waals surface area contributed by atoms with Crippen molar-refractivity contribution in [2.75, 3.05) is 13.9 Å². The smallest absolute Gasteiger partial charge is 0.312 e. The molecule has 0 fully saturated rings. The van der Waals surface area contributed by atoms with Crippen molar-refractivity contribution in [2.24, 2.45) is 0 Å². The second-order valence-corrected chi connectivity index (χ2v) is 3.36. The van der Waals surface area contributed by atoms with Crippen LogP contribution in [0.4, 0.5) is 0 Å². The maximum atomic E-state index is 11.3. The number of carbonyl (C=O) groups is 1. The van der Waals surface area contributed by atoms with Crippen LogP contribution < -0.4 is 9.47 Å². The van der Waals surface area contributed by atoms with E-state index in [2.05, 4.69) is 4.74 Å². The average Bonchev–Trinajstić information content (AvgIpc) is 2.73. The maximum Gasteiger partial charge on any atom is 0.312 e. The van der Waals surface area contributed by atoms with Gasteiger partial charge in [-0.25, -0.2) is 0 Å². The van der Waals surface area contributed by atoms with E-state index in [9.17, 15) is 4.79 Å². The lowest BCUT2D eigenvalue weighted by molar-refractivity contribution is -0.141. The van der Waals surface area contributed by atoms with Crippen molar-refractivity contribution in [3.05, 3.63) is 23.8 Å². The quantitative estimate of drug-likeness (QED) is 0.694. The molecular weight excluding hydrogens is 196 g/mol. The van der Waals surface area contributed by atoms with Gasteiger partial charge in [-0.1, -0.05) is 6.07 Å². The predicted molar refractivity (Wildman–Crippen MR) is 53.0 cm³/mol. The van der Waals surface area contributed by atoms with Crippen LogP contribution in [0.5, 0.6) is 11.5 Å². The van der Waals surface area contributed by atoms with Gasteiger partial charge in [0.05, 0.1) is 13.0 Å². The summed E-state index contributed by atoms with van der Waals surface area (Å²) in [6.07, 6.45) is 0. The summed E-state index contributed by atoms with van der Waals surface area (Å²) in [5.41, 5.74) is 0.867. The number of fused-ring (bicyclic) bond motifs is 1. The topological polar surface area (TPSA) is 44.8 Å². The molecule has 0 radical (unpaired) electrons. The van der Waals surface area contributed by atoms with E-state index in [1.165, 1.54) is 7.11 Å². The highest BCUT2D eigenvalue weighted by atomic mass is 16.7. The van der Waals surface area contributed by atoms with Crippen LogP contribution in [0.2, 0.25) is 0 Å². The Labute approximate surface area is 87.8 Å². The van der Waals surface area contributed by atoms with Gasteiger partial charge in [-0.3, -0.25) is 4.79 Å². The van der Waals surface area contributed by atoms with Gasteiger partial charge >= 0.3 is 5.97 Å². The van der Waals surface area contributed by atoms with Gasteiger partial charge in [-0.05, 0) is 24.6 Å². The zero-order chi connectivity index (χ0) is 10.8. The molecule has 1 aliphatic heterocycles. The molecule has 1 aromatic rings. The fourth-order valence-electron chi connectivity index (χ4n) is 1.50. The van der Waals surface area contributed by atoms with E-state index >= 15 is 0 Å². The molecule has 0 bridgehead atoms. The molecule has 0 aliphatic carbocycles. The van der Waals surface area contributed by atoms with Crippen LogP contribution in [-0.4, -0.2) is 19.9 Å². The first-order chi connectivity index (χ1) is 7.22. The van der Waals surface area contributed by atoms with Gasteiger partial charge in [0.1, 0.15) is 0 Å². The summed E-state index contributed by atoms with van der Waals surface area (Å²) in [5, 5.41) is 0. The van der Waals surface area contributed by atoms with Gasteiger partial charge in [0, 0.05) is 0 Å². The molecule has 0 aromatic heterocycles. The Hall–Kier alpha value is -1.71. The molecule has 0 N–H and O–H groups in total. The molecule has 1 heterocycles. The molecule has 4 nitrogen and oxygen atoms in total. The van der Waals surface area contributed by atoms with E-state index < -0.39 is 0 Å².